The van der Waals surface area contributed by atoms with Crippen LogP contribution in [0.25, 0.3) is 10.8 Å². The molecule has 0 radical (unpaired) electrons. The minimum absolute atomic E-state index is 0.0888. The van der Waals surface area contributed by atoms with Crippen LogP contribution in [-0.4, -0.2) is 46.4 Å². The Morgan fingerprint density at radius 3 is 2.38 bits per heavy atom. The Hall–Kier alpha value is -4.92. The van der Waals surface area contributed by atoms with Gasteiger partial charge in [0.1, 0.15) is 24.5 Å². The van der Waals surface area contributed by atoms with E-state index in [1.807, 2.05) is 84.9 Å². The van der Waals surface area contributed by atoms with Gasteiger partial charge in [-0.15, -0.1) is 0 Å². The van der Waals surface area contributed by atoms with Crippen molar-refractivity contribution in [1.82, 2.24) is 20.5 Å². The number of pyridine rings is 1. The van der Waals surface area contributed by atoms with Crippen LogP contribution in [-0.2, 0) is 33.9 Å². The number of nitrogens with two attached hydrogens (primary N) is 1. The fraction of sp³-hybridized carbons (Fsp3) is 0.226. The van der Waals surface area contributed by atoms with Crippen LogP contribution in [0.15, 0.2) is 91.1 Å². The van der Waals surface area contributed by atoms with Gasteiger partial charge >= 0.3 is 6.09 Å². The molecule has 40 heavy (non-hydrogen) atoms. The maximum atomic E-state index is 13.6. The zero-order chi connectivity index (χ0) is 27.9. The molecule has 5 rings (SSSR count). The van der Waals surface area contributed by atoms with Crippen molar-refractivity contribution < 1.29 is 19.1 Å². The molecule has 1 aliphatic rings. The van der Waals surface area contributed by atoms with Gasteiger partial charge in [0.2, 0.25) is 11.8 Å². The number of carbonyl (C=O) groups excluding carboxylic acids is 3. The second-order valence-corrected chi connectivity index (χ2v) is 9.75. The molecule has 204 valence electrons. The lowest BCUT2D eigenvalue weighted by atomic mass is 9.97. The first-order chi connectivity index (χ1) is 19.5. The standard InChI is InChI=1S/C31H31N5O4/c32-28-25-12-11-23(17-24(25)13-15-33-28)19-34-29(37)27-14-16-36(27)30(38)26(18-21-7-3-1-4-8-21)35-31(39)40-20-22-9-5-2-6-10-22/h1-13,15,17,26-27H,14,16,18-20H2,(H2,32,33)(H,34,37)(H,35,39). The van der Waals surface area contributed by atoms with Gasteiger partial charge in [-0.05, 0) is 40.6 Å². The third-order valence-corrected chi connectivity index (χ3v) is 7.02. The van der Waals surface area contributed by atoms with E-state index in [0.717, 1.165) is 27.5 Å². The highest BCUT2D eigenvalue weighted by Crippen LogP contribution is 2.22. The lowest BCUT2D eigenvalue weighted by Gasteiger charge is -2.41. The predicted octanol–water partition coefficient (Wildman–Crippen LogP) is 3.57. The van der Waals surface area contributed by atoms with Crippen molar-refractivity contribution in [2.75, 3.05) is 12.3 Å². The van der Waals surface area contributed by atoms with Gasteiger partial charge in [-0.25, -0.2) is 9.78 Å². The first-order valence-corrected chi connectivity index (χ1v) is 13.2. The van der Waals surface area contributed by atoms with Crippen molar-refractivity contribution in [2.24, 2.45) is 0 Å². The van der Waals surface area contributed by atoms with Crippen molar-refractivity contribution in [2.45, 2.75) is 38.1 Å². The molecule has 2 atom stereocenters. The highest BCUT2D eigenvalue weighted by Gasteiger charge is 2.40. The first kappa shape index (κ1) is 26.7. The van der Waals surface area contributed by atoms with E-state index >= 15 is 0 Å². The van der Waals surface area contributed by atoms with Gasteiger partial charge in [-0.2, -0.15) is 0 Å². The number of rotatable bonds is 9. The number of fused-ring (bicyclic) bond motifs is 1. The molecule has 2 heterocycles. The number of nitrogen functional groups attached to an aromatic ring is 1. The SMILES string of the molecule is Nc1nccc2cc(CNC(=O)C3CCN3C(=O)C(Cc3ccccc3)NC(=O)OCc3ccccc3)ccc12. The van der Waals surface area contributed by atoms with Crippen LogP contribution >= 0.6 is 0 Å². The van der Waals surface area contributed by atoms with Crippen LogP contribution in [0.2, 0.25) is 0 Å². The Morgan fingerprint density at radius 1 is 0.950 bits per heavy atom. The molecule has 1 saturated heterocycles. The van der Waals surface area contributed by atoms with Gasteiger partial charge in [-0.1, -0.05) is 72.8 Å². The molecule has 3 aromatic carbocycles. The number of amides is 3. The molecule has 4 N–H and O–H groups in total. The number of nitrogens with zero attached hydrogens (tertiary/aromatic N) is 2. The lowest BCUT2D eigenvalue weighted by Crippen LogP contribution is -2.62. The van der Waals surface area contributed by atoms with Crippen molar-refractivity contribution in [1.29, 1.82) is 0 Å². The summed E-state index contributed by atoms with van der Waals surface area (Å²) in [6, 6.07) is 24.9. The van der Waals surface area contributed by atoms with Crippen LogP contribution in [0.4, 0.5) is 10.6 Å². The molecule has 1 aliphatic heterocycles. The average molecular weight is 538 g/mol. The number of aromatic nitrogens is 1. The van der Waals surface area contributed by atoms with Gasteiger partial charge in [0.25, 0.3) is 0 Å². The molecule has 9 nitrogen and oxygen atoms in total. The number of alkyl carbamates (subject to hydrolysis) is 1. The summed E-state index contributed by atoms with van der Waals surface area (Å²) >= 11 is 0. The van der Waals surface area contributed by atoms with Gasteiger partial charge in [0.15, 0.2) is 0 Å². The molecular formula is C31H31N5O4. The molecule has 2 unspecified atom stereocenters. The molecule has 4 aromatic rings. The van der Waals surface area contributed by atoms with Gasteiger partial charge in [0.05, 0.1) is 0 Å². The van der Waals surface area contributed by atoms with Gasteiger partial charge in [-0.3, -0.25) is 9.59 Å². The molecule has 0 bridgehead atoms. The number of ether oxygens (including phenoxy) is 1. The highest BCUT2D eigenvalue weighted by atomic mass is 16.5. The van der Waals surface area contributed by atoms with Crippen LogP contribution in [0.3, 0.4) is 0 Å². The zero-order valence-corrected chi connectivity index (χ0v) is 22.0. The summed E-state index contributed by atoms with van der Waals surface area (Å²) in [6.45, 7) is 0.837. The van der Waals surface area contributed by atoms with Crippen molar-refractivity contribution in [3.8, 4) is 0 Å². The summed E-state index contributed by atoms with van der Waals surface area (Å²) in [4.78, 5) is 44.9. The van der Waals surface area contributed by atoms with E-state index in [9.17, 15) is 14.4 Å². The van der Waals surface area contributed by atoms with Crippen LogP contribution < -0.4 is 16.4 Å². The summed E-state index contributed by atoms with van der Waals surface area (Å²) in [5.41, 5.74) is 8.57. The number of hydrogen-bond acceptors (Lipinski definition) is 6. The van der Waals surface area contributed by atoms with Crippen molar-refractivity contribution in [3.05, 3.63) is 108 Å². The van der Waals surface area contributed by atoms with E-state index < -0.39 is 18.2 Å². The molecular weight excluding hydrogens is 506 g/mol. The quantitative estimate of drug-likeness (QED) is 0.300. The number of hydrogen-bond donors (Lipinski definition) is 3. The third kappa shape index (κ3) is 6.37. The average Bonchev–Trinajstić information content (AvgIpc) is 2.95. The van der Waals surface area contributed by atoms with Crippen molar-refractivity contribution >= 4 is 34.5 Å². The van der Waals surface area contributed by atoms with E-state index in [0.29, 0.717) is 25.3 Å². The Kier molecular flexibility index (Phi) is 8.20. The van der Waals surface area contributed by atoms with Gasteiger partial charge in [0, 0.05) is 31.1 Å². The molecule has 0 spiro atoms. The van der Waals surface area contributed by atoms with E-state index in [1.165, 1.54) is 4.90 Å². The van der Waals surface area contributed by atoms with E-state index in [4.69, 9.17) is 10.5 Å². The Bertz CT molecular complexity index is 1500. The lowest BCUT2D eigenvalue weighted by molar-refractivity contribution is -0.149. The topological polar surface area (TPSA) is 127 Å². The second-order valence-electron chi connectivity index (χ2n) is 9.75. The fourth-order valence-corrected chi connectivity index (χ4v) is 4.75. The molecule has 1 fully saturated rings. The number of likely N-dealkylation sites (tertiary alicyclic amines) is 1. The predicted molar refractivity (Wildman–Crippen MR) is 152 cm³/mol. The van der Waals surface area contributed by atoms with Crippen LogP contribution in [0.1, 0.15) is 23.1 Å². The summed E-state index contributed by atoms with van der Waals surface area (Å²) in [7, 11) is 0. The Balaban J connectivity index is 1.21. The van der Waals surface area contributed by atoms with E-state index in [-0.39, 0.29) is 24.8 Å². The maximum absolute atomic E-state index is 13.6. The smallest absolute Gasteiger partial charge is 0.408 e. The minimum Gasteiger partial charge on any atom is -0.445 e. The zero-order valence-electron chi connectivity index (χ0n) is 22.0. The second kappa shape index (κ2) is 12.3. The monoisotopic (exact) mass is 537 g/mol. The van der Waals surface area contributed by atoms with E-state index in [2.05, 4.69) is 15.6 Å². The van der Waals surface area contributed by atoms with E-state index in [1.54, 1.807) is 6.20 Å². The fourth-order valence-electron chi connectivity index (χ4n) is 4.75. The number of nitrogens with one attached hydrogen (secondary N) is 2. The first-order valence-electron chi connectivity index (χ1n) is 13.2. The largest absolute Gasteiger partial charge is 0.445 e. The molecule has 0 aliphatic carbocycles. The maximum Gasteiger partial charge on any atom is 0.408 e. The van der Waals surface area contributed by atoms with Crippen molar-refractivity contribution in [3.63, 3.8) is 0 Å². The third-order valence-electron chi connectivity index (χ3n) is 7.02. The molecule has 1 aromatic heterocycles. The number of carbonyl (C=O) groups is 3. The molecule has 0 saturated carbocycles. The highest BCUT2D eigenvalue weighted by molar-refractivity contribution is 5.93. The Morgan fingerprint density at radius 2 is 1.68 bits per heavy atom. The van der Waals surface area contributed by atoms with Gasteiger partial charge < -0.3 is 26.0 Å². The minimum atomic E-state index is -0.874. The Labute approximate surface area is 232 Å². The number of anilines is 1. The number of benzene rings is 3. The van der Waals surface area contributed by atoms with Crippen LogP contribution in [0.5, 0.6) is 0 Å². The normalized spacial score (nSPS) is 15.1. The summed E-state index contributed by atoms with van der Waals surface area (Å²) in [5, 5.41) is 7.46. The summed E-state index contributed by atoms with van der Waals surface area (Å²) < 4.78 is 5.37. The molecule has 3 amide bonds. The molecule has 9 heteroatoms. The summed E-state index contributed by atoms with van der Waals surface area (Å²) in [6.07, 6.45) is 1.79. The van der Waals surface area contributed by atoms with Crippen LogP contribution in [0, 0.1) is 0 Å². The summed E-state index contributed by atoms with van der Waals surface area (Å²) in [5.74, 6) is -0.0982.